The highest BCUT2D eigenvalue weighted by molar-refractivity contribution is 5.91. The third-order valence-corrected chi connectivity index (χ3v) is 4.93. The molecule has 8 nitrogen and oxygen atoms in total. The van der Waals surface area contributed by atoms with E-state index in [0.29, 0.717) is 24.9 Å². The van der Waals surface area contributed by atoms with E-state index in [-0.39, 0.29) is 5.91 Å². The first-order chi connectivity index (χ1) is 14.7. The summed E-state index contributed by atoms with van der Waals surface area (Å²) in [5, 5.41) is 11.1. The second-order valence-electron chi connectivity index (χ2n) is 7.37. The van der Waals surface area contributed by atoms with E-state index in [1.165, 1.54) is 0 Å². The predicted molar refractivity (Wildman–Crippen MR) is 113 cm³/mol. The van der Waals surface area contributed by atoms with Crippen molar-refractivity contribution in [3.63, 3.8) is 0 Å². The van der Waals surface area contributed by atoms with Crippen molar-refractivity contribution in [2.24, 2.45) is 0 Å². The molecule has 30 heavy (non-hydrogen) atoms. The van der Waals surface area contributed by atoms with Crippen LogP contribution in [-0.2, 0) is 16.1 Å². The van der Waals surface area contributed by atoms with Crippen LogP contribution in [0.15, 0.2) is 59.0 Å². The number of benzene rings is 2. The summed E-state index contributed by atoms with van der Waals surface area (Å²) in [5.41, 5.74) is 2.81. The van der Waals surface area contributed by atoms with Gasteiger partial charge in [-0.1, -0.05) is 18.2 Å². The number of anilines is 2. The highest BCUT2D eigenvalue weighted by atomic mass is 16.5. The average molecular weight is 408 g/mol. The lowest BCUT2D eigenvalue weighted by molar-refractivity contribution is -0.886. The van der Waals surface area contributed by atoms with Crippen molar-refractivity contribution in [3.8, 4) is 11.5 Å². The Bertz CT molecular complexity index is 952. The second-order valence-corrected chi connectivity index (χ2v) is 7.37. The van der Waals surface area contributed by atoms with E-state index in [0.717, 1.165) is 48.1 Å². The Kier molecular flexibility index (Phi) is 6.36. The number of likely N-dealkylation sites (N-methyl/N-ethyl adjacent to an activating group) is 1. The van der Waals surface area contributed by atoms with E-state index < -0.39 is 0 Å². The summed E-state index contributed by atoms with van der Waals surface area (Å²) in [6, 6.07) is 17.6. The summed E-state index contributed by atoms with van der Waals surface area (Å²) >= 11 is 0. The van der Waals surface area contributed by atoms with E-state index >= 15 is 0 Å². The molecule has 2 aromatic carbocycles. The molecule has 1 unspecified atom stereocenters. The van der Waals surface area contributed by atoms with Gasteiger partial charge in [0, 0.05) is 30.0 Å². The SMILES string of the molecule is C[NH+](CC(=O)Nc1ccc(N2CCOCC2)cc1)Cc1nnc(-c2ccccc2)o1. The monoisotopic (exact) mass is 408 g/mol. The Morgan fingerprint density at radius 2 is 1.80 bits per heavy atom. The number of amides is 1. The van der Waals surface area contributed by atoms with Gasteiger partial charge in [0.05, 0.1) is 20.3 Å². The van der Waals surface area contributed by atoms with Gasteiger partial charge in [-0.05, 0) is 36.4 Å². The van der Waals surface area contributed by atoms with E-state index in [9.17, 15) is 4.79 Å². The van der Waals surface area contributed by atoms with Gasteiger partial charge in [-0.25, -0.2) is 0 Å². The number of quaternary nitrogens is 1. The van der Waals surface area contributed by atoms with Gasteiger partial charge in [-0.3, -0.25) is 4.79 Å². The van der Waals surface area contributed by atoms with Gasteiger partial charge in [0.25, 0.3) is 11.8 Å². The topological polar surface area (TPSA) is 84.9 Å². The Morgan fingerprint density at radius 3 is 2.53 bits per heavy atom. The lowest BCUT2D eigenvalue weighted by Crippen LogP contribution is -3.08. The Balaban J connectivity index is 1.27. The third kappa shape index (κ3) is 5.22. The predicted octanol–water partition coefficient (Wildman–Crippen LogP) is 1.23. The van der Waals surface area contributed by atoms with Gasteiger partial charge in [-0.15, -0.1) is 10.2 Å². The van der Waals surface area contributed by atoms with E-state index in [2.05, 4.69) is 20.4 Å². The molecular formula is C22H26N5O3+. The molecule has 4 rings (SSSR count). The Morgan fingerprint density at radius 1 is 1.07 bits per heavy atom. The smallest absolute Gasteiger partial charge is 0.279 e. The average Bonchev–Trinajstić information content (AvgIpc) is 3.23. The number of nitrogens with one attached hydrogen (secondary N) is 2. The van der Waals surface area contributed by atoms with Crippen LogP contribution in [-0.4, -0.2) is 56.0 Å². The fraction of sp³-hybridized carbons (Fsp3) is 0.318. The number of nitrogens with zero attached hydrogens (tertiary/aromatic N) is 3. The second kappa shape index (κ2) is 9.51. The number of hydrogen-bond acceptors (Lipinski definition) is 6. The quantitative estimate of drug-likeness (QED) is 0.612. The van der Waals surface area contributed by atoms with Crippen LogP contribution in [0, 0.1) is 0 Å². The van der Waals surface area contributed by atoms with Crippen LogP contribution in [0.4, 0.5) is 11.4 Å². The van der Waals surface area contributed by atoms with Gasteiger partial charge >= 0.3 is 0 Å². The number of carbonyl (C=O) groups is 1. The van der Waals surface area contributed by atoms with E-state index in [1.807, 2.05) is 61.6 Å². The number of carbonyl (C=O) groups excluding carboxylic acids is 1. The molecular weight excluding hydrogens is 382 g/mol. The van der Waals surface area contributed by atoms with Crippen LogP contribution in [0.25, 0.3) is 11.5 Å². The molecule has 0 saturated carbocycles. The number of ether oxygens (including phenoxy) is 1. The first-order valence-corrected chi connectivity index (χ1v) is 10.1. The Hall–Kier alpha value is -3.23. The maximum absolute atomic E-state index is 12.4. The molecule has 8 heteroatoms. The fourth-order valence-electron chi connectivity index (χ4n) is 3.40. The highest BCUT2D eigenvalue weighted by Gasteiger charge is 2.16. The minimum Gasteiger partial charge on any atom is -0.415 e. The maximum atomic E-state index is 12.4. The van der Waals surface area contributed by atoms with Gasteiger partial charge in [0.15, 0.2) is 13.1 Å². The molecule has 1 fully saturated rings. The fourth-order valence-corrected chi connectivity index (χ4v) is 3.40. The molecule has 0 radical (unpaired) electrons. The summed E-state index contributed by atoms with van der Waals surface area (Å²) in [4.78, 5) is 15.6. The first-order valence-electron chi connectivity index (χ1n) is 10.1. The number of rotatable bonds is 7. The number of aromatic nitrogens is 2. The van der Waals surface area contributed by atoms with Crippen LogP contribution in [0.3, 0.4) is 0 Å². The summed E-state index contributed by atoms with van der Waals surface area (Å²) in [7, 11) is 1.92. The van der Waals surface area contributed by atoms with Gasteiger partial charge in [-0.2, -0.15) is 0 Å². The van der Waals surface area contributed by atoms with Gasteiger partial charge < -0.3 is 24.3 Å². The molecule has 2 heterocycles. The molecule has 1 saturated heterocycles. The molecule has 1 aliphatic heterocycles. The van der Waals surface area contributed by atoms with E-state index in [1.54, 1.807) is 0 Å². The summed E-state index contributed by atoms with van der Waals surface area (Å²) in [6.07, 6.45) is 0. The first kappa shape index (κ1) is 20.1. The lowest BCUT2D eigenvalue weighted by Gasteiger charge is -2.28. The summed E-state index contributed by atoms with van der Waals surface area (Å²) in [6.45, 7) is 4.06. The highest BCUT2D eigenvalue weighted by Crippen LogP contribution is 2.19. The minimum absolute atomic E-state index is 0.0607. The zero-order valence-electron chi connectivity index (χ0n) is 17.0. The largest absolute Gasteiger partial charge is 0.415 e. The molecule has 1 aromatic heterocycles. The maximum Gasteiger partial charge on any atom is 0.279 e. The van der Waals surface area contributed by atoms with Crippen LogP contribution >= 0.6 is 0 Å². The normalized spacial score (nSPS) is 15.0. The van der Waals surface area contributed by atoms with Crippen molar-refractivity contribution in [2.45, 2.75) is 6.54 Å². The van der Waals surface area contributed by atoms with Gasteiger partial charge in [0.1, 0.15) is 0 Å². The van der Waals surface area contributed by atoms with E-state index in [4.69, 9.17) is 9.15 Å². The third-order valence-electron chi connectivity index (χ3n) is 4.93. The molecule has 1 amide bonds. The van der Waals surface area contributed by atoms with Crippen molar-refractivity contribution < 1.29 is 18.8 Å². The minimum atomic E-state index is -0.0607. The molecule has 3 aromatic rings. The molecule has 0 aliphatic carbocycles. The zero-order chi connectivity index (χ0) is 20.8. The van der Waals surface area contributed by atoms with Crippen LogP contribution in [0.2, 0.25) is 0 Å². The summed E-state index contributed by atoms with van der Waals surface area (Å²) in [5.74, 6) is 0.937. The standard InChI is InChI=1S/C22H25N5O3/c1-26(16-21-24-25-22(30-21)17-5-3-2-4-6-17)15-20(28)23-18-7-9-19(10-8-18)27-11-13-29-14-12-27/h2-10H,11-16H2,1H3,(H,23,28)/p+1. The molecule has 156 valence electrons. The van der Waals surface area contributed by atoms with Crippen molar-refractivity contribution in [1.29, 1.82) is 0 Å². The molecule has 1 aliphatic rings. The number of hydrogen-bond donors (Lipinski definition) is 2. The lowest BCUT2D eigenvalue weighted by atomic mass is 10.2. The zero-order valence-corrected chi connectivity index (χ0v) is 17.0. The molecule has 2 N–H and O–H groups in total. The van der Waals surface area contributed by atoms with Crippen LogP contribution < -0.4 is 15.1 Å². The van der Waals surface area contributed by atoms with Crippen molar-refractivity contribution >= 4 is 17.3 Å². The van der Waals surface area contributed by atoms with Crippen LogP contribution in [0.1, 0.15) is 5.89 Å². The Labute approximate surface area is 175 Å². The number of morpholine rings is 1. The van der Waals surface area contributed by atoms with Crippen molar-refractivity contribution in [2.75, 3.05) is 50.1 Å². The van der Waals surface area contributed by atoms with Crippen LogP contribution in [0.5, 0.6) is 0 Å². The van der Waals surface area contributed by atoms with Gasteiger partial charge in [0.2, 0.25) is 5.89 Å². The molecule has 0 bridgehead atoms. The molecule has 0 spiro atoms. The summed E-state index contributed by atoms with van der Waals surface area (Å²) < 4.78 is 11.1. The molecule has 1 atom stereocenters. The van der Waals surface area contributed by atoms with Crippen molar-refractivity contribution in [3.05, 3.63) is 60.5 Å². The van der Waals surface area contributed by atoms with Crippen molar-refractivity contribution in [1.82, 2.24) is 10.2 Å².